The molecule has 0 aromatic heterocycles. The van der Waals surface area contributed by atoms with Gasteiger partial charge in [-0.25, -0.2) is 0 Å². The molecule has 2 rings (SSSR count). The molecule has 1 saturated heterocycles. The SMILES string of the molecule is Cc1cc(SCC(=O)N2CCC(O)C2)c(C)cc1Br. The van der Waals surface area contributed by atoms with Crippen molar-refractivity contribution in [2.75, 3.05) is 18.8 Å². The summed E-state index contributed by atoms with van der Waals surface area (Å²) < 4.78 is 1.10. The third kappa shape index (κ3) is 3.74. The van der Waals surface area contributed by atoms with Gasteiger partial charge in [0.15, 0.2) is 0 Å². The van der Waals surface area contributed by atoms with Gasteiger partial charge in [0.1, 0.15) is 0 Å². The predicted molar refractivity (Wildman–Crippen MR) is 81.5 cm³/mol. The maximum atomic E-state index is 12.0. The molecule has 1 unspecified atom stereocenters. The molecule has 1 heterocycles. The number of aliphatic hydroxyl groups is 1. The van der Waals surface area contributed by atoms with Crippen molar-refractivity contribution in [2.45, 2.75) is 31.3 Å². The highest BCUT2D eigenvalue weighted by Gasteiger charge is 2.24. The van der Waals surface area contributed by atoms with E-state index in [2.05, 4.69) is 35.0 Å². The fourth-order valence-electron chi connectivity index (χ4n) is 2.11. The number of thioether (sulfide) groups is 1. The molecular weight excluding hydrogens is 326 g/mol. The smallest absolute Gasteiger partial charge is 0.233 e. The van der Waals surface area contributed by atoms with Crippen molar-refractivity contribution in [3.63, 3.8) is 0 Å². The van der Waals surface area contributed by atoms with Gasteiger partial charge in [-0.3, -0.25) is 4.79 Å². The summed E-state index contributed by atoms with van der Waals surface area (Å²) in [6, 6.07) is 4.19. The maximum absolute atomic E-state index is 12.0. The zero-order valence-electron chi connectivity index (χ0n) is 11.1. The van der Waals surface area contributed by atoms with Gasteiger partial charge < -0.3 is 10.0 Å². The number of carbonyl (C=O) groups is 1. The van der Waals surface area contributed by atoms with Crippen molar-refractivity contribution in [1.29, 1.82) is 0 Å². The highest BCUT2D eigenvalue weighted by molar-refractivity contribution is 9.10. The van der Waals surface area contributed by atoms with Gasteiger partial charge in [0.2, 0.25) is 5.91 Å². The van der Waals surface area contributed by atoms with Crippen LogP contribution in [-0.4, -0.2) is 40.9 Å². The molecule has 1 aromatic rings. The molecule has 5 heteroatoms. The summed E-state index contributed by atoms with van der Waals surface area (Å²) in [5.74, 6) is 0.552. The Bertz CT molecular complexity index is 493. The average molecular weight is 344 g/mol. The summed E-state index contributed by atoms with van der Waals surface area (Å²) in [6.45, 7) is 5.26. The van der Waals surface area contributed by atoms with Crippen LogP contribution >= 0.6 is 27.7 Å². The Morgan fingerprint density at radius 3 is 2.84 bits per heavy atom. The number of hydrogen-bond donors (Lipinski definition) is 1. The van der Waals surface area contributed by atoms with Crippen LogP contribution in [0.5, 0.6) is 0 Å². The van der Waals surface area contributed by atoms with E-state index in [-0.39, 0.29) is 12.0 Å². The number of halogens is 1. The minimum atomic E-state index is -0.342. The summed E-state index contributed by atoms with van der Waals surface area (Å²) in [6.07, 6.45) is 0.359. The Morgan fingerprint density at radius 2 is 2.21 bits per heavy atom. The summed E-state index contributed by atoms with van der Waals surface area (Å²) in [5, 5.41) is 9.44. The Morgan fingerprint density at radius 1 is 1.47 bits per heavy atom. The lowest BCUT2D eigenvalue weighted by Crippen LogP contribution is -2.30. The number of likely N-dealkylation sites (tertiary alicyclic amines) is 1. The molecule has 3 nitrogen and oxygen atoms in total. The summed E-state index contributed by atoms with van der Waals surface area (Å²) in [7, 11) is 0. The number of carbonyl (C=O) groups excluding carboxylic acids is 1. The Balaban J connectivity index is 1.95. The van der Waals surface area contributed by atoms with Crippen molar-refractivity contribution in [3.8, 4) is 0 Å². The van der Waals surface area contributed by atoms with E-state index in [1.54, 1.807) is 16.7 Å². The third-order valence-corrected chi connectivity index (χ3v) is 5.32. The number of amides is 1. The molecule has 1 atom stereocenters. The Kier molecular flexibility index (Phi) is 4.92. The molecule has 0 bridgehead atoms. The van der Waals surface area contributed by atoms with Gasteiger partial charge >= 0.3 is 0 Å². The van der Waals surface area contributed by atoms with E-state index in [0.29, 0.717) is 25.3 Å². The van der Waals surface area contributed by atoms with Gasteiger partial charge in [-0.2, -0.15) is 0 Å². The van der Waals surface area contributed by atoms with Crippen LogP contribution in [-0.2, 0) is 4.79 Å². The molecular formula is C14H18BrNO2S. The van der Waals surface area contributed by atoms with Crippen LogP contribution in [0.2, 0.25) is 0 Å². The van der Waals surface area contributed by atoms with Crippen molar-refractivity contribution in [1.82, 2.24) is 4.90 Å². The highest BCUT2D eigenvalue weighted by atomic mass is 79.9. The van der Waals surface area contributed by atoms with E-state index in [0.717, 1.165) is 9.37 Å². The third-order valence-electron chi connectivity index (χ3n) is 3.32. The monoisotopic (exact) mass is 343 g/mol. The fraction of sp³-hybridized carbons (Fsp3) is 0.500. The number of rotatable bonds is 3. The van der Waals surface area contributed by atoms with Gasteiger partial charge in [0, 0.05) is 22.5 Å². The topological polar surface area (TPSA) is 40.5 Å². The molecule has 104 valence electrons. The first kappa shape index (κ1) is 14.9. The van der Waals surface area contributed by atoms with Crippen molar-refractivity contribution < 1.29 is 9.90 Å². The number of aryl methyl sites for hydroxylation is 2. The van der Waals surface area contributed by atoms with Gasteiger partial charge in [-0.15, -0.1) is 11.8 Å². The molecule has 0 aliphatic carbocycles. The van der Waals surface area contributed by atoms with Crippen molar-refractivity contribution in [3.05, 3.63) is 27.7 Å². The van der Waals surface area contributed by atoms with E-state index in [1.165, 1.54) is 11.1 Å². The minimum Gasteiger partial charge on any atom is -0.391 e. The normalized spacial score (nSPS) is 18.9. The molecule has 19 heavy (non-hydrogen) atoms. The number of benzene rings is 1. The van der Waals surface area contributed by atoms with Crippen LogP contribution in [0.1, 0.15) is 17.5 Å². The molecule has 1 fully saturated rings. The van der Waals surface area contributed by atoms with Crippen LogP contribution in [0.3, 0.4) is 0 Å². The summed E-state index contributed by atoms with van der Waals surface area (Å²) >= 11 is 5.08. The molecule has 1 aromatic carbocycles. The van der Waals surface area contributed by atoms with Crippen LogP contribution in [0.15, 0.2) is 21.5 Å². The molecule has 1 N–H and O–H groups in total. The molecule has 1 amide bonds. The second kappa shape index (κ2) is 6.29. The van der Waals surface area contributed by atoms with E-state index in [1.807, 2.05) is 6.92 Å². The van der Waals surface area contributed by atoms with Crippen LogP contribution in [0.4, 0.5) is 0 Å². The second-order valence-corrected chi connectivity index (χ2v) is 6.81. The first-order chi connectivity index (χ1) is 8.97. The summed E-state index contributed by atoms with van der Waals surface area (Å²) in [5.41, 5.74) is 2.36. The van der Waals surface area contributed by atoms with E-state index >= 15 is 0 Å². The number of β-amino-alcohol motifs (C(OH)–C–C–N with tert-alkyl or cyclic N) is 1. The molecule has 0 spiro atoms. The van der Waals surface area contributed by atoms with E-state index in [9.17, 15) is 9.90 Å². The van der Waals surface area contributed by atoms with Crippen molar-refractivity contribution in [2.24, 2.45) is 0 Å². The number of aliphatic hydroxyl groups excluding tert-OH is 1. The zero-order valence-corrected chi connectivity index (χ0v) is 13.6. The van der Waals surface area contributed by atoms with Crippen molar-refractivity contribution >= 4 is 33.6 Å². The Labute approximate surface area is 126 Å². The standard InChI is InChI=1S/C14H18BrNO2S/c1-9-6-13(10(2)5-12(9)15)19-8-14(18)16-4-3-11(17)7-16/h5-6,11,17H,3-4,7-8H2,1-2H3. The second-order valence-electron chi connectivity index (χ2n) is 4.94. The lowest BCUT2D eigenvalue weighted by Gasteiger charge is -2.15. The molecule has 1 aliphatic rings. The van der Waals surface area contributed by atoms with E-state index in [4.69, 9.17) is 0 Å². The van der Waals surface area contributed by atoms with Gasteiger partial charge in [0.25, 0.3) is 0 Å². The molecule has 1 aliphatic heterocycles. The zero-order chi connectivity index (χ0) is 14.0. The van der Waals surface area contributed by atoms with Gasteiger partial charge in [-0.1, -0.05) is 15.9 Å². The first-order valence-corrected chi connectivity index (χ1v) is 8.10. The van der Waals surface area contributed by atoms with E-state index < -0.39 is 0 Å². The predicted octanol–water partition coefficient (Wildman–Crippen LogP) is 2.75. The van der Waals surface area contributed by atoms with Gasteiger partial charge in [0.05, 0.1) is 11.9 Å². The fourth-order valence-corrected chi connectivity index (χ4v) is 3.58. The maximum Gasteiger partial charge on any atom is 0.233 e. The highest BCUT2D eigenvalue weighted by Crippen LogP contribution is 2.28. The number of nitrogens with zero attached hydrogens (tertiary/aromatic N) is 1. The van der Waals surface area contributed by atoms with Gasteiger partial charge in [-0.05, 0) is 43.5 Å². The largest absolute Gasteiger partial charge is 0.391 e. The van der Waals surface area contributed by atoms with Crippen LogP contribution in [0.25, 0.3) is 0 Å². The lowest BCUT2D eigenvalue weighted by molar-refractivity contribution is -0.127. The molecule has 0 radical (unpaired) electrons. The lowest BCUT2D eigenvalue weighted by atomic mass is 10.2. The quantitative estimate of drug-likeness (QED) is 0.858. The summed E-state index contributed by atoms with van der Waals surface area (Å²) in [4.78, 5) is 14.9. The minimum absolute atomic E-state index is 0.113. The Hall–Kier alpha value is -0.520. The number of hydrogen-bond acceptors (Lipinski definition) is 3. The van der Waals surface area contributed by atoms with Crippen LogP contribution in [0, 0.1) is 13.8 Å². The van der Waals surface area contributed by atoms with Crippen LogP contribution < -0.4 is 0 Å². The average Bonchev–Trinajstić information content (AvgIpc) is 2.78. The first-order valence-electron chi connectivity index (χ1n) is 6.32. The molecule has 0 saturated carbocycles.